The van der Waals surface area contributed by atoms with E-state index in [1.54, 1.807) is 6.08 Å². The molecule has 0 atom stereocenters. The molecule has 0 aliphatic heterocycles. The van der Waals surface area contributed by atoms with Crippen LogP contribution in [0, 0.1) is 0 Å². The first kappa shape index (κ1) is 17.5. The summed E-state index contributed by atoms with van der Waals surface area (Å²) in [7, 11) is 0. The van der Waals surface area contributed by atoms with E-state index < -0.39 is 5.97 Å². The van der Waals surface area contributed by atoms with Crippen molar-refractivity contribution in [2.24, 2.45) is 0 Å². The van der Waals surface area contributed by atoms with E-state index in [1.165, 1.54) is 35.6 Å². The van der Waals surface area contributed by atoms with E-state index in [0.717, 1.165) is 11.1 Å². The molecule has 0 bridgehead atoms. The molecule has 1 aliphatic carbocycles. The van der Waals surface area contributed by atoms with Gasteiger partial charge in [0.1, 0.15) is 0 Å². The Morgan fingerprint density at radius 3 is 2.24 bits per heavy atom. The average Bonchev–Trinajstić information content (AvgIpc) is 2.57. The van der Waals surface area contributed by atoms with Crippen LogP contribution in [0.15, 0.2) is 48.5 Å². The largest absolute Gasteiger partial charge is 0.478 e. The van der Waals surface area contributed by atoms with Gasteiger partial charge in [-0.1, -0.05) is 64.1 Å². The monoisotopic (exact) mass is 334 g/mol. The van der Waals surface area contributed by atoms with Crippen LogP contribution < -0.4 is 0 Å². The van der Waals surface area contributed by atoms with Gasteiger partial charge in [-0.2, -0.15) is 0 Å². The molecule has 0 spiro atoms. The van der Waals surface area contributed by atoms with Gasteiger partial charge in [0.05, 0.1) is 0 Å². The number of aliphatic carboxylic acids is 1. The Morgan fingerprint density at radius 2 is 1.56 bits per heavy atom. The number of benzene rings is 2. The van der Waals surface area contributed by atoms with Gasteiger partial charge < -0.3 is 5.11 Å². The van der Waals surface area contributed by atoms with Crippen molar-refractivity contribution in [3.63, 3.8) is 0 Å². The lowest BCUT2D eigenvalue weighted by Gasteiger charge is -2.42. The van der Waals surface area contributed by atoms with E-state index in [0.29, 0.717) is 0 Å². The maximum Gasteiger partial charge on any atom is 0.328 e. The molecule has 2 heteroatoms. The minimum Gasteiger partial charge on any atom is -0.478 e. The van der Waals surface area contributed by atoms with Crippen LogP contribution in [0.25, 0.3) is 17.2 Å². The number of carbonyl (C=O) groups is 1. The minimum absolute atomic E-state index is 0.182. The zero-order chi connectivity index (χ0) is 18.2. The van der Waals surface area contributed by atoms with Crippen molar-refractivity contribution >= 4 is 12.0 Å². The summed E-state index contributed by atoms with van der Waals surface area (Å²) >= 11 is 0. The molecule has 0 heterocycles. The van der Waals surface area contributed by atoms with Crippen LogP contribution in [-0.4, -0.2) is 11.1 Å². The summed E-state index contributed by atoms with van der Waals surface area (Å²) in [6.45, 7) is 9.32. The standard InChI is InChI=1S/C23H26O2/c1-22(2)12-13-23(3,4)20-15-18(9-10-19(20)22)17-7-5-6-16(14-17)8-11-21(24)25/h5-11,14-15H,12-13H2,1-4H3,(H,24,25). The summed E-state index contributed by atoms with van der Waals surface area (Å²) in [6, 6.07) is 14.8. The Hall–Kier alpha value is -2.35. The van der Waals surface area contributed by atoms with Crippen LogP contribution in [0.4, 0.5) is 0 Å². The van der Waals surface area contributed by atoms with Crippen molar-refractivity contribution in [3.8, 4) is 11.1 Å². The highest BCUT2D eigenvalue weighted by Gasteiger charge is 2.36. The van der Waals surface area contributed by atoms with Gasteiger partial charge in [0.25, 0.3) is 0 Å². The highest BCUT2D eigenvalue weighted by atomic mass is 16.4. The fourth-order valence-corrected chi connectivity index (χ4v) is 3.76. The molecule has 1 aliphatic rings. The van der Waals surface area contributed by atoms with Crippen LogP contribution in [-0.2, 0) is 15.6 Å². The third kappa shape index (κ3) is 3.53. The summed E-state index contributed by atoms with van der Waals surface area (Å²) in [5, 5.41) is 8.81. The highest BCUT2D eigenvalue weighted by molar-refractivity contribution is 5.85. The third-order valence-corrected chi connectivity index (χ3v) is 5.49. The SMILES string of the molecule is CC1(C)CCC(C)(C)c2cc(-c3cccc(C=CC(=O)O)c3)ccc21. The second-order valence-electron chi connectivity index (χ2n) is 8.33. The second-order valence-corrected chi connectivity index (χ2v) is 8.33. The fraction of sp³-hybridized carbons (Fsp3) is 0.348. The van der Waals surface area contributed by atoms with E-state index in [4.69, 9.17) is 5.11 Å². The smallest absolute Gasteiger partial charge is 0.328 e. The fourth-order valence-electron chi connectivity index (χ4n) is 3.76. The van der Waals surface area contributed by atoms with Gasteiger partial charge in [-0.3, -0.25) is 0 Å². The Morgan fingerprint density at radius 1 is 0.920 bits per heavy atom. The normalized spacial score (nSPS) is 18.1. The van der Waals surface area contributed by atoms with Crippen LogP contribution in [0.1, 0.15) is 57.2 Å². The molecule has 0 amide bonds. The molecule has 0 radical (unpaired) electrons. The van der Waals surface area contributed by atoms with Gasteiger partial charge in [0.15, 0.2) is 0 Å². The number of carboxylic acids is 1. The van der Waals surface area contributed by atoms with Gasteiger partial charge in [-0.25, -0.2) is 4.79 Å². The van der Waals surface area contributed by atoms with Crippen molar-refractivity contribution in [1.29, 1.82) is 0 Å². The number of fused-ring (bicyclic) bond motifs is 1. The average molecular weight is 334 g/mol. The lowest BCUT2D eigenvalue weighted by molar-refractivity contribution is -0.131. The van der Waals surface area contributed by atoms with Gasteiger partial charge in [0, 0.05) is 6.08 Å². The summed E-state index contributed by atoms with van der Waals surface area (Å²) in [5.41, 5.74) is 6.50. The molecule has 0 unspecified atom stereocenters. The Labute approximate surface area is 150 Å². The summed E-state index contributed by atoms with van der Waals surface area (Å²) in [6.07, 6.45) is 5.22. The molecule has 130 valence electrons. The molecule has 2 aromatic rings. The first-order valence-corrected chi connectivity index (χ1v) is 8.85. The van der Waals surface area contributed by atoms with Gasteiger partial charge in [-0.15, -0.1) is 0 Å². The summed E-state index contributed by atoms with van der Waals surface area (Å²) in [5.74, 6) is -0.928. The molecule has 2 nitrogen and oxygen atoms in total. The minimum atomic E-state index is -0.928. The first-order valence-electron chi connectivity index (χ1n) is 8.85. The van der Waals surface area contributed by atoms with Crippen LogP contribution in [0.5, 0.6) is 0 Å². The number of hydrogen-bond acceptors (Lipinski definition) is 1. The maximum atomic E-state index is 10.7. The van der Waals surface area contributed by atoms with Crippen molar-refractivity contribution in [2.45, 2.75) is 51.4 Å². The second kappa shape index (κ2) is 6.18. The zero-order valence-corrected chi connectivity index (χ0v) is 15.5. The van der Waals surface area contributed by atoms with E-state index in [2.05, 4.69) is 52.0 Å². The van der Waals surface area contributed by atoms with Gasteiger partial charge in [-0.05, 0) is 63.6 Å². The predicted molar refractivity (Wildman–Crippen MR) is 104 cm³/mol. The van der Waals surface area contributed by atoms with E-state index in [-0.39, 0.29) is 10.8 Å². The molecule has 3 rings (SSSR count). The summed E-state index contributed by atoms with van der Waals surface area (Å²) < 4.78 is 0. The van der Waals surface area contributed by atoms with E-state index in [1.807, 2.05) is 18.2 Å². The maximum absolute atomic E-state index is 10.7. The number of hydrogen-bond donors (Lipinski definition) is 1. The number of rotatable bonds is 3. The highest BCUT2D eigenvalue weighted by Crippen LogP contribution is 2.46. The lowest BCUT2D eigenvalue weighted by Crippen LogP contribution is -2.33. The number of carboxylic acid groups (broad SMARTS) is 1. The van der Waals surface area contributed by atoms with Crippen molar-refractivity contribution < 1.29 is 9.90 Å². The van der Waals surface area contributed by atoms with Crippen LogP contribution >= 0.6 is 0 Å². The Balaban J connectivity index is 2.05. The molecule has 0 saturated carbocycles. The Bertz CT molecular complexity index is 841. The quantitative estimate of drug-likeness (QED) is 0.720. The lowest BCUT2D eigenvalue weighted by atomic mass is 9.63. The third-order valence-electron chi connectivity index (χ3n) is 5.49. The molecular weight excluding hydrogens is 308 g/mol. The molecule has 0 aromatic heterocycles. The van der Waals surface area contributed by atoms with E-state index in [9.17, 15) is 4.79 Å². The topological polar surface area (TPSA) is 37.3 Å². The molecular formula is C23H26O2. The molecule has 0 saturated heterocycles. The Kier molecular flexibility index (Phi) is 4.32. The van der Waals surface area contributed by atoms with Crippen LogP contribution in [0.3, 0.4) is 0 Å². The van der Waals surface area contributed by atoms with Crippen molar-refractivity contribution in [3.05, 3.63) is 65.2 Å². The van der Waals surface area contributed by atoms with Crippen molar-refractivity contribution in [2.75, 3.05) is 0 Å². The first-order chi connectivity index (χ1) is 11.7. The zero-order valence-electron chi connectivity index (χ0n) is 15.5. The predicted octanol–water partition coefficient (Wildman–Crippen LogP) is 5.80. The van der Waals surface area contributed by atoms with Gasteiger partial charge >= 0.3 is 5.97 Å². The van der Waals surface area contributed by atoms with E-state index >= 15 is 0 Å². The van der Waals surface area contributed by atoms with Crippen LogP contribution in [0.2, 0.25) is 0 Å². The molecule has 25 heavy (non-hydrogen) atoms. The summed E-state index contributed by atoms with van der Waals surface area (Å²) in [4.78, 5) is 10.7. The molecule has 1 N–H and O–H groups in total. The van der Waals surface area contributed by atoms with Crippen molar-refractivity contribution in [1.82, 2.24) is 0 Å². The molecule has 2 aromatic carbocycles. The molecule has 0 fully saturated rings. The van der Waals surface area contributed by atoms with Gasteiger partial charge in [0.2, 0.25) is 0 Å².